The van der Waals surface area contributed by atoms with Crippen molar-refractivity contribution in [3.63, 3.8) is 0 Å². The summed E-state index contributed by atoms with van der Waals surface area (Å²) in [4.78, 5) is 0.274. The molecular weight excluding hydrogens is 278 g/mol. The van der Waals surface area contributed by atoms with Crippen molar-refractivity contribution < 1.29 is 12.8 Å². The first-order chi connectivity index (χ1) is 9.52. The van der Waals surface area contributed by atoms with Crippen LogP contribution in [0.25, 0.3) is 11.5 Å². The first kappa shape index (κ1) is 13.3. The van der Waals surface area contributed by atoms with E-state index in [9.17, 15) is 8.42 Å². The van der Waals surface area contributed by atoms with Gasteiger partial charge < -0.3 is 9.73 Å². The van der Waals surface area contributed by atoms with Crippen LogP contribution in [0.2, 0.25) is 0 Å². The summed E-state index contributed by atoms with van der Waals surface area (Å²) in [5, 5.41) is 11.2. The van der Waals surface area contributed by atoms with Crippen molar-refractivity contribution in [1.82, 2.24) is 15.5 Å². The third-order valence-corrected chi connectivity index (χ3v) is 4.24. The van der Waals surface area contributed by atoms with Gasteiger partial charge in [0.05, 0.1) is 11.4 Å². The smallest absolute Gasteiger partial charge is 0.247 e. The van der Waals surface area contributed by atoms with E-state index in [0.717, 1.165) is 0 Å². The molecule has 3 rings (SSSR count). The number of hydrogen-bond acceptors (Lipinski definition) is 6. The molecule has 1 fully saturated rings. The van der Waals surface area contributed by atoms with Crippen molar-refractivity contribution in [2.75, 3.05) is 6.26 Å². The lowest BCUT2D eigenvalue weighted by atomic mass is 10.2. The third-order valence-electron chi connectivity index (χ3n) is 3.12. The van der Waals surface area contributed by atoms with Crippen LogP contribution in [0.4, 0.5) is 0 Å². The minimum Gasteiger partial charge on any atom is -0.419 e. The van der Waals surface area contributed by atoms with E-state index < -0.39 is 9.84 Å². The molecule has 1 aliphatic carbocycles. The van der Waals surface area contributed by atoms with E-state index in [-0.39, 0.29) is 4.90 Å². The molecule has 1 saturated carbocycles. The molecule has 0 spiro atoms. The van der Waals surface area contributed by atoms with Gasteiger partial charge in [0.1, 0.15) is 0 Å². The summed E-state index contributed by atoms with van der Waals surface area (Å²) in [6.45, 7) is 0.569. The lowest BCUT2D eigenvalue weighted by Crippen LogP contribution is -2.15. The predicted octanol–water partition coefficient (Wildman–Crippen LogP) is 1.39. The van der Waals surface area contributed by atoms with Gasteiger partial charge in [0, 0.05) is 17.9 Å². The van der Waals surface area contributed by atoms with Gasteiger partial charge in [-0.15, -0.1) is 10.2 Å². The summed E-state index contributed by atoms with van der Waals surface area (Å²) in [6, 6.07) is 7.00. The molecule has 20 heavy (non-hydrogen) atoms. The second-order valence-corrected chi connectivity index (χ2v) is 6.97. The van der Waals surface area contributed by atoms with E-state index in [1.54, 1.807) is 12.1 Å². The Labute approximate surface area is 117 Å². The Balaban J connectivity index is 1.75. The van der Waals surface area contributed by atoms with Crippen LogP contribution < -0.4 is 5.32 Å². The van der Waals surface area contributed by atoms with Gasteiger partial charge in [-0.3, -0.25) is 0 Å². The number of nitrogens with one attached hydrogen (secondary N) is 1. The van der Waals surface area contributed by atoms with Gasteiger partial charge in [-0.05, 0) is 37.1 Å². The number of nitrogens with zero attached hydrogens (tertiary/aromatic N) is 2. The van der Waals surface area contributed by atoms with E-state index in [0.29, 0.717) is 29.9 Å². The van der Waals surface area contributed by atoms with E-state index >= 15 is 0 Å². The molecule has 1 aromatic heterocycles. The molecule has 0 radical (unpaired) electrons. The van der Waals surface area contributed by atoms with Crippen LogP contribution >= 0.6 is 0 Å². The molecule has 0 aliphatic heterocycles. The highest BCUT2D eigenvalue weighted by Gasteiger charge is 2.21. The fourth-order valence-electron chi connectivity index (χ4n) is 1.81. The number of rotatable bonds is 5. The lowest BCUT2D eigenvalue weighted by Gasteiger charge is -1.99. The summed E-state index contributed by atoms with van der Waals surface area (Å²) in [7, 11) is -3.18. The van der Waals surface area contributed by atoms with Crippen molar-refractivity contribution in [2.24, 2.45) is 0 Å². The molecule has 2 aromatic rings. The highest BCUT2D eigenvalue weighted by molar-refractivity contribution is 7.90. The van der Waals surface area contributed by atoms with Gasteiger partial charge >= 0.3 is 0 Å². The quantitative estimate of drug-likeness (QED) is 0.896. The summed E-state index contributed by atoms with van der Waals surface area (Å²) in [6.07, 6.45) is 3.58. The molecule has 1 aliphatic rings. The Morgan fingerprint density at radius 3 is 2.55 bits per heavy atom. The van der Waals surface area contributed by atoms with Crippen molar-refractivity contribution >= 4 is 9.84 Å². The van der Waals surface area contributed by atoms with E-state index in [2.05, 4.69) is 15.5 Å². The zero-order chi connectivity index (χ0) is 14.2. The molecule has 1 heterocycles. The molecule has 7 heteroatoms. The summed E-state index contributed by atoms with van der Waals surface area (Å²) in [5.41, 5.74) is 0.711. The van der Waals surface area contributed by atoms with Crippen LogP contribution in [-0.4, -0.2) is 30.9 Å². The molecule has 0 unspecified atom stereocenters. The predicted molar refractivity (Wildman–Crippen MR) is 72.7 cm³/mol. The molecular formula is C13H15N3O3S. The summed E-state index contributed by atoms with van der Waals surface area (Å²) >= 11 is 0. The summed E-state index contributed by atoms with van der Waals surface area (Å²) < 4.78 is 28.3. The number of hydrogen-bond donors (Lipinski definition) is 1. The van der Waals surface area contributed by atoms with E-state index in [1.807, 2.05) is 0 Å². The van der Waals surface area contributed by atoms with Crippen LogP contribution in [0.15, 0.2) is 33.6 Å². The average Bonchev–Trinajstić information content (AvgIpc) is 3.13. The average molecular weight is 293 g/mol. The SMILES string of the molecule is CS(=O)(=O)c1ccc(-c2nnc(CNC3CC3)o2)cc1. The van der Waals surface area contributed by atoms with Crippen LogP contribution in [0.1, 0.15) is 18.7 Å². The molecule has 0 atom stereocenters. The van der Waals surface area contributed by atoms with Gasteiger partial charge in [0.15, 0.2) is 9.84 Å². The largest absolute Gasteiger partial charge is 0.419 e. The molecule has 6 nitrogen and oxygen atoms in total. The standard InChI is InChI=1S/C13H15N3O3S/c1-20(17,18)11-6-2-9(3-7-11)13-16-15-12(19-13)8-14-10-4-5-10/h2-3,6-7,10,14H,4-5,8H2,1H3. The minimum absolute atomic E-state index is 0.274. The summed E-state index contributed by atoms with van der Waals surface area (Å²) in [5.74, 6) is 0.941. The van der Waals surface area contributed by atoms with Crippen LogP contribution in [0.3, 0.4) is 0 Å². The second-order valence-electron chi connectivity index (χ2n) is 4.95. The maximum absolute atomic E-state index is 11.4. The Hall–Kier alpha value is -1.73. The molecule has 106 valence electrons. The highest BCUT2D eigenvalue weighted by Crippen LogP contribution is 2.22. The molecule has 1 N–H and O–H groups in total. The maximum Gasteiger partial charge on any atom is 0.247 e. The maximum atomic E-state index is 11.4. The Kier molecular flexibility index (Phi) is 3.31. The lowest BCUT2D eigenvalue weighted by molar-refractivity contribution is 0.476. The van der Waals surface area contributed by atoms with Crippen LogP contribution in [0, 0.1) is 0 Å². The molecule has 0 bridgehead atoms. The van der Waals surface area contributed by atoms with Crippen molar-refractivity contribution in [3.05, 3.63) is 30.2 Å². The van der Waals surface area contributed by atoms with Crippen molar-refractivity contribution in [1.29, 1.82) is 0 Å². The van der Waals surface area contributed by atoms with Gasteiger partial charge in [-0.25, -0.2) is 8.42 Å². The molecule has 0 amide bonds. The number of benzene rings is 1. The van der Waals surface area contributed by atoms with E-state index in [1.165, 1.54) is 31.2 Å². The third kappa shape index (κ3) is 3.05. The number of aromatic nitrogens is 2. The number of sulfone groups is 1. The van der Waals surface area contributed by atoms with Crippen molar-refractivity contribution in [3.8, 4) is 11.5 Å². The molecule has 1 aromatic carbocycles. The zero-order valence-corrected chi connectivity index (χ0v) is 11.9. The van der Waals surface area contributed by atoms with Gasteiger partial charge in [-0.2, -0.15) is 0 Å². The Bertz CT molecular complexity index is 703. The molecule has 0 saturated heterocycles. The van der Waals surface area contributed by atoms with Gasteiger partial charge in [0.25, 0.3) is 0 Å². The van der Waals surface area contributed by atoms with Crippen LogP contribution in [0.5, 0.6) is 0 Å². The Morgan fingerprint density at radius 2 is 1.95 bits per heavy atom. The highest BCUT2D eigenvalue weighted by atomic mass is 32.2. The second kappa shape index (κ2) is 4.99. The first-order valence-electron chi connectivity index (χ1n) is 6.38. The fraction of sp³-hybridized carbons (Fsp3) is 0.385. The zero-order valence-electron chi connectivity index (χ0n) is 11.0. The van der Waals surface area contributed by atoms with Gasteiger partial charge in [0.2, 0.25) is 11.8 Å². The Morgan fingerprint density at radius 1 is 1.25 bits per heavy atom. The van der Waals surface area contributed by atoms with Crippen molar-refractivity contribution in [2.45, 2.75) is 30.3 Å². The normalized spacial score (nSPS) is 15.4. The fourth-order valence-corrected chi connectivity index (χ4v) is 2.44. The monoisotopic (exact) mass is 293 g/mol. The topological polar surface area (TPSA) is 85.1 Å². The van der Waals surface area contributed by atoms with Gasteiger partial charge in [-0.1, -0.05) is 0 Å². The van der Waals surface area contributed by atoms with Crippen LogP contribution in [-0.2, 0) is 16.4 Å². The minimum atomic E-state index is -3.18. The van der Waals surface area contributed by atoms with E-state index in [4.69, 9.17) is 4.42 Å². The first-order valence-corrected chi connectivity index (χ1v) is 8.28.